The maximum absolute atomic E-state index is 6.03. The monoisotopic (exact) mass is 242 g/mol. The standard InChI is InChI=1S/C11H12Cl2N2/c12-10-2-1-7(11(13)14-10)4-15-5-8-3-9(8)6-15/h1-2,8-9H,3-6H2. The van der Waals surface area contributed by atoms with Gasteiger partial charge in [0.25, 0.3) is 0 Å². The Labute approximate surface area is 99.2 Å². The van der Waals surface area contributed by atoms with E-state index >= 15 is 0 Å². The third-order valence-electron chi connectivity index (χ3n) is 3.34. The molecule has 2 nitrogen and oxygen atoms in total. The largest absolute Gasteiger partial charge is 0.298 e. The van der Waals surface area contributed by atoms with Crippen LogP contribution in [0.5, 0.6) is 0 Å². The molecule has 0 aromatic carbocycles. The average molecular weight is 243 g/mol. The molecule has 0 N–H and O–H groups in total. The van der Waals surface area contributed by atoms with Gasteiger partial charge in [-0.1, -0.05) is 29.3 Å². The van der Waals surface area contributed by atoms with Crippen molar-refractivity contribution in [3.05, 3.63) is 28.0 Å². The van der Waals surface area contributed by atoms with Crippen molar-refractivity contribution in [2.24, 2.45) is 11.8 Å². The Morgan fingerprint density at radius 3 is 2.67 bits per heavy atom. The van der Waals surface area contributed by atoms with E-state index in [-0.39, 0.29) is 0 Å². The van der Waals surface area contributed by atoms with Crippen molar-refractivity contribution in [2.75, 3.05) is 13.1 Å². The minimum absolute atomic E-state index is 0.466. The van der Waals surface area contributed by atoms with Gasteiger partial charge in [-0.25, -0.2) is 4.98 Å². The van der Waals surface area contributed by atoms with Gasteiger partial charge in [-0.05, 0) is 24.3 Å². The van der Waals surface area contributed by atoms with Gasteiger partial charge < -0.3 is 0 Å². The predicted octanol–water partition coefficient (Wildman–Crippen LogP) is 2.84. The van der Waals surface area contributed by atoms with Gasteiger partial charge in [-0.2, -0.15) is 0 Å². The molecular formula is C11H12Cl2N2. The number of pyridine rings is 1. The average Bonchev–Trinajstić information content (AvgIpc) is 2.79. The molecule has 2 heterocycles. The molecule has 4 heteroatoms. The van der Waals surface area contributed by atoms with Crippen LogP contribution in [0.15, 0.2) is 12.1 Å². The summed E-state index contributed by atoms with van der Waals surface area (Å²) in [5.41, 5.74) is 1.09. The minimum atomic E-state index is 0.466. The van der Waals surface area contributed by atoms with Crippen molar-refractivity contribution in [3.8, 4) is 0 Å². The van der Waals surface area contributed by atoms with Gasteiger partial charge in [-0.3, -0.25) is 4.90 Å². The van der Waals surface area contributed by atoms with Crippen LogP contribution >= 0.6 is 23.2 Å². The molecule has 1 saturated carbocycles. The van der Waals surface area contributed by atoms with Crippen LogP contribution in [0.3, 0.4) is 0 Å². The maximum atomic E-state index is 6.03. The summed E-state index contributed by atoms with van der Waals surface area (Å²) in [7, 11) is 0. The normalized spacial score (nSPS) is 29.2. The van der Waals surface area contributed by atoms with Crippen molar-refractivity contribution in [2.45, 2.75) is 13.0 Å². The first-order chi connectivity index (χ1) is 7.22. The zero-order valence-electron chi connectivity index (χ0n) is 8.29. The second-order valence-electron chi connectivity index (χ2n) is 4.53. The van der Waals surface area contributed by atoms with Gasteiger partial charge >= 0.3 is 0 Å². The molecule has 1 aromatic heterocycles. The van der Waals surface area contributed by atoms with Gasteiger partial charge in [-0.15, -0.1) is 0 Å². The van der Waals surface area contributed by atoms with Gasteiger partial charge in [0.05, 0.1) is 0 Å². The first-order valence-electron chi connectivity index (χ1n) is 5.25. The minimum Gasteiger partial charge on any atom is -0.298 e. The van der Waals surface area contributed by atoms with E-state index in [4.69, 9.17) is 23.2 Å². The number of likely N-dealkylation sites (tertiary alicyclic amines) is 1. The third kappa shape index (κ3) is 1.99. The van der Waals surface area contributed by atoms with E-state index in [0.717, 1.165) is 23.9 Å². The van der Waals surface area contributed by atoms with Crippen LogP contribution in [0.25, 0.3) is 0 Å². The summed E-state index contributed by atoms with van der Waals surface area (Å²) in [5, 5.41) is 1.01. The van der Waals surface area contributed by atoms with Crippen LogP contribution < -0.4 is 0 Å². The van der Waals surface area contributed by atoms with Crippen molar-refractivity contribution in [3.63, 3.8) is 0 Å². The first-order valence-corrected chi connectivity index (χ1v) is 6.01. The van der Waals surface area contributed by atoms with Gasteiger partial charge in [0, 0.05) is 25.2 Å². The van der Waals surface area contributed by atoms with E-state index in [1.807, 2.05) is 6.07 Å². The highest BCUT2D eigenvalue weighted by molar-refractivity contribution is 6.32. The second kappa shape index (κ2) is 3.62. The Balaban J connectivity index is 1.71. The summed E-state index contributed by atoms with van der Waals surface area (Å²) in [4.78, 5) is 6.50. The smallest absolute Gasteiger partial charge is 0.135 e. The molecular weight excluding hydrogens is 231 g/mol. The molecule has 0 bridgehead atoms. The van der Waals surface area contributed by atoms with Crippen molar-refractivity contribution in [1.29, 1.82) is 0 Å². The number of piperidine rings is 1. The number of aromatic nitrogens is 1. The third-order valence-corrected chi connectivity index (χ3v) is 3.88. The Hall–Kier alpha value is -0.310. The lowest BCUT2D eigenvalue weighted by Crippen LogP contribution is -2.22. The van der Waals surface area contributed by atoms with Crippen LogP contribution in [-0.2, 0) is 6.54 Å². The lowest BCUT2D eigenvalue weighted by Gasteiger charge is -2.17. The molecule has 15 heavy (non-hydrogen) atoms. The molecule has 2 fully saturated rings. The van der Waals surface area contributed by atoms with Gasteiger partial charge in [0.1, 0.15) is 10.3 Å². The molecule has 2 unspecified atom stereocenters. The molecule has 1 aliphatic heterocycles. The van der Waals surface area contributed by atoms with E-state index in [2.05, 4.69) is 9.88 Å². The highest BCUT2D eigenvalue weighted by atomic mass is 35.5. The van der Waals surface area contributed by atoms with E-state index in [0.29, 0.717) is 10.3 Å². The molecule has 2 atom stereocenters. The van der Waals surface area contributed by atoms with Crippen LogP contribution in [0.2, 0.25) is 10.3 Å². The lowest BCUT2D eigenvalue weighted by atomic mass is 10.2. The Bertz CT molecular complexity index is 384. The first kappa shape index (κ1) is 9.88. The lowest BCUT2D eigenvalue weighted by molar-refractivity contribution is 0.297. The Morgan fingerprint density at radius 2 is 2.00 bits per heavy atom. The summed E-state index contributed by atoms with van der Waals surface area (Å²) < 4.78 is 0. The summed E-state index contributed by atoms with van der Waals surface area (Å²) in [6.07, 6.45) is 1.43. The van der Waals surface area contributed by atoms with Gasteiger partial charge in [0.2, 0.25) is 0 Å². The number of nitrogens with zero attached hydrogens (tertiary/aromatic N) is 2. The molecule has 80 valence electrons. The second-order valence-corrected chi connectivity index (χ2v) is 5.28. The van der Waals surface area contributed by atoms with Crippen molar-refractivity contribution in [1.82, 2.24) is 9.88 Å². The fourth-order valence-electron chi connectivity index (χ4n) is 2.42. The molecule has 3 rings (SSSR count). The SMILES string of the molecule is Clc1ccc(CN2CC3CC3C2)c(Cl)n1. The zero-order chi connectivity index (χ0) is 10.4. The molecule has 1 aliphatic carbocycles. The Kier molecular flexibility index (Phi) is 2.38. The highest BCUT2D eigenvalue weighted by Crippen LogP contribution is 2.45. The number of hydrogen-bond donors (Lipinski definition) is 0. The molecule has 0 amide bonds. The van der Waals surface area contributed by atoms with E-state index < -0.39 is 0 Å². The van der Waals surface area contributed by atoms with E-state index in [1.165, 1.54) is 19.5 Å². The quantitative estimate of drug-likeness (QED) is 0.742. The topological polar surface area (TPSA) is 16.1 Å². The summed E-state index contributed by atoms with van der Waals surface area (Å²) in [6.45, 7) is 3.36. The fourth-order valence-corrected chi connectivity index (χ4v) is 2.83. The molecule has 2 aliphatic rings. The maximum Gasteiger partial charge on any atom is 0.135 e. The fraction of sp³-hybridized carbons (Fsp3) is 0.545. The van der Waals surface area contributed by atoms with Crippen molar-refractivity contribution >= 4 is 23.2 Å². The summed E-state index contributed by atoms with van der Waals surface area (Å²) in [5.74, 6) is 1.92. The number of halogens is 2. The zero-order valence-corrected chi connectivity index (χ0v) is 9.80. The number of fused-ring (bicyclic) bond motifs is 1. The van der Waals surface area contributed by atoms with Gasteiger partial charge in [0.15, 0.2) is 0 Å². The number of rotatable bonds is 2. The summed E-state index contributed by atoms with van der Waals surface area (Å²) in [6, 6.07) is 3.78. The van der Waals surface area contributed by atoms with Crippen molar-refractivity contribution < 1.29 is 0 Å². The van der Waals surface area contributed by atoms with Crippen LogP contribution in [-0.4, -0.2) is 23.0 Å². The predicted molar refractivity (Wildman–Crippen MR) is 61.1 cm³/mol. The Morgan fingerprint density at radius 1 is 1.27 bits per heavy atom. The molecule has 0 spiro atoms. The summed E-state index contributed by atoms with van der Waals surface area (Å²) >= 11 is 11.8. The van der Waals surface area contributed by atoms with Crippen LogP contribution in [0.1, 0.15) is 12.0 Å². The molecule has 1 saturated heterocycles. The highest BCUT2D eigenvalue weighted by Gasteiger charge is 2.44. The molecule has 0 radical (unpaired) electrons. The van der Waals surface area contributed by atoms with Crippen LogP contribution in [0, 0.1) is 11.8 Å². The van der Waals surface area contributed by atoms with Crippen LogP contribution in [0.4, 0.5) is 0 Å². The number of hydrogen-bond acceptors (Lipinski definition) is 2. The van der Waals surface area contributed by atoms with E-state index in [9.17, 15) is 0 Å². The molecule has 1 aromatic rings. The van der Waals surface area contributed by atoms with E-state index in [1.54, 1.807) is 6.07 Å².